The topological polar surface area (TPSA) is 93.8 Å². The molecule has 1 amide bonds. The van der Waals surface area contributed by atoms with Crippen molar-refractivity contribution in [2.45, 2.75) is 6.54 Å². The molecule has 0 saturated heterocycles. The van der Waals surface area contributed by atoms with Gasteiger partial charge in [0.15, 0.2) is 5.82 Å². The summed E-state index contributed by atoms with van der Waals surface area (Å²) in [5, 5.41) is 0. The Morgan fingerprint density at radius 3 is 2.53 bits per heavy atom. The SMILES string of the molecule is COC(=O)OC/C=C/CN(Cc1ccc(OC)cc1)C(=O)c1nc2ccccc2[nH]1. The van der Waals surface area contributed by atoms with Crippen LogP contribution < -0.4 is 4.74 Å². The number of benzene rings is 2. The van der Waals surface area contributed by atoms with E-state index in [0.29, 0.717) is 13.1 Å². The van der Waals surface area contributed by atoms with E-state index in [4.69, 9.17) is 9.47 Å². The first kappa shape index (κ1) is 20.9. The van der Waals surface area contributed by atoms with Gasteiger partial charge in [-0.1, -0.05) is 30.3 Å². The third-order valence-electron chi connectivity index (χ3n) is 4.37. The molecule has 2 aromatic carbocycles. The zero-order valence-electron chi connectivity index (χ0n) is 16.8. The number of methoxy groups -OCH3 is 2. The minimum atomic E-state index is -0.756. The number of para-hydroxylation sites is 2. The second-order valence-corrected chi connectivity index (χ2v) is 6.37. The number of aromatic nitrogens is 2. The molecule has 0 spiro atoms. The standard InChI is InChI=1S/C22H23N3O5/c1-28-17-11-9-16(10-12-17)15-25(13-5-6-14-30-22(27)29-2)21(26)20-23-18-7-3-4-8-19(18)24-20/h3-12H,13-15H2,1-2H3,(H,23,24)/b6-5+. The van der Waals surface area contributed by atoms with E-state index in [1.54, 1.807) is 24.2 Å². The first-order chi connectivity index (χ1) is 14.6. The molecule has 1 aromatic heterocycles. The van der Waals surface area contributed by atoms with Crippen LogP contribution in [0.25, 0.3) is 11.0 Å². The number of aromatic amines is 1. The monoisotopic (exact) mass is 409 g/mol. The van der Waals surface area contributed by atoms with Crippen LogP contribution in [0.3, 0.4) is 0 Å². The van der Waals surface area contributed by atoms with Crippen molar-refractivity contribution in [3.05, 3.63) is 72.1 Å². The number of rotatable bonds is 8. The van der Waals surface area contributed by atoms with E-state index >= 15 is 0 Å². The molecule has 0 fully saturated rings. The molecule has 156 valence electrons. The van der Waals surface area contributed by atoms with Gasteiger partial charge in [0.1, 0.15) is 12.4 Å². The molecule has 1 heterocycles. The van der Waals surface area contributed by atoms with E-state index in [2.05, 4.69) is 14.7 Å². The maximum Gasteiger partial charge on any atom is 0.508 e. The highest BCUT2D eigenvalue weighted by Gasteiger charge is 2.19. The predicted octanol–water partition coefficient (Wildman–Crippen LogP) is 3.55. The van der Waals surface area contributed by atoms with E-state index in [1.807, 2.05) is 48.5 Å². The molecule has 0 bridgehead atoms. The first-order valence-electron chi connectivity index (χ1n) is 9.33. The first-order valence-corrected chi connectivity index (χ1v) is 9.33. The van der Waals surface area contributed by atoms with Gasteiger partial charge in [-0.3, -0.25) is 4.79 Å². The number of imidazole rings is 1. The van der Waals surface area contributed by atoms with E-state index in [-0.39, 0.29) is 18.3 Å². The van der Waals surface area contributed by atoms with E-state index in [9.17, 15) is 9.59 Å². The Balaban J connectivity index is 1.75. The van der Waals surface area contributed by atoms with Gasteiger partial charge < -0.3 is 24.1 Å². The van der Waals surface area contributed by atoms with Crippen LogP contribution in [0.2, 0.25) is 0 Å². The minimum absolute atomic E-state index is 0.0574. The fourth-order valence-corrected chi connectivity index (χ4v) is 2.82. The third-order valence-corrected chi connectivity index (χ3v) is 4.37. The molecule has 3 aromatic rings. The van der Waals surface area contributed by atoms with Crippen LogP contribution in [0.5, 0.6) is 5.75 Å². The van der Waals surface area contributed by atoms with Crippen molar-refractivity contribution in [1.82, 2.24) is 14.9 Å². The van der Waals surface area contributed by atoms with Crippen LogP contribution in [0.1, 0.15) is 16.2 Å². The van der Waals surface area contributed by atoms with Gasteiger partial charge in [0.25, 0.3) is 5.91 Å². The number of carbonyl (C=O) groups is 2. The maximum atomic E-state index is 13.1. The Hall–Kier alpha value is -3.81. The Bertz CT molecular complexity index is 994. The van der Waals surface area contributed by atoms with Crippen LogP contribution in [-0.4, -0.2) is 54.3 Å². The Labute approximate surface area is 174 Å². The van der Waals surface area contributed by atoms with Crippen molar-refractivity contribution in [3.8, 4) is 5.75 Å². The van der Waals surface area contributed by atoms with Gasteiger partial charge >= 0.3 is 6.16 Å². The summed E-state index contributed by atoms with van der Waals surface area (Å²) < 4.78 is 14.4. The average molecular weight is 409 g/mol. The lowest BCUT2D eigenvalue weighted by Crippen LogP contribution is -2.31. The number of carbonyl (C=O) groups excluding carboxylic acids is 2. The summed E-state index contributed by atoms with van der Waals surface area (Å²) in [6, 6.07) is 15.0. The lowest BCUT2D eigenvalue weighted by atomic mass is 10.2. The van der Waals surface area contributed by atoms with Crippen molar-refractivity contribution in [1.29, 1.82) is 0 Å². The highest BCUT2D eigenvalue weighted by Crippen LogP contribution is 2.16. The number of hydrogen-bond donors (Lipinski definition) is 1. The van der Waals surface area contributed by atoms with E-state index < -0.39 is 6.16 Å². The molecule has 1 N–H and O–H groups in total. The van der Waals surface area contributed by atoms with Gasteiger partial charge in [-0.25, -0.2) is 9.78 Å². The molecule has 30 heavy (non-hydrogen) atoms. The number of nitrogens with one attached hydrogen (secondary N) is 1. The van der Waals surface area contributed by atoms with Gasteiger partial charge in [0, 0.05) is 13.1 Å². The van der Waals surface area contributed by atoms with Crippen LogP contribution in [0.4, 0.5) is 4.79 Å². The van der Waals surface area contributed by atoms with Crippen molar-refractivity contribution < 1.29 is 23.8 Å². The highest BCUT2D eigenvalue weighted by atomic mass is 16.7. The molecule has 0 aliphatic carbocycles. The smallest absolute Gasteiger partial charge is 0.497 e. The molecule has 0 unspecified atom stereocenters. The highest BCUT2D eigenvalue weighted by molar-refractivity contribution is 5.94. The molecule has 0 saturated carbocycles. The number of nitrogens with zero attached hydrogens (tertiary/aromatic N) is 2. The summed E-state index contributed by atoms with van der Waals surface area (Å²) in [7, 11) is 2.85. The molecule has 8 nitrogen and oxygen atoms in total. The molecule has 0 atom stereocenters. The van der Waals surface area contributed by atoms with Gasteiger partial charge in [-0.05, 0) is 35.9 Å². The number of amides is 1. The largest absolute Gasteiger partial charge is 0.508 e. The lowest BCUT2D eigenvalue weighted by molar-refractivity contribution is 0.0746. The normalized spacial score (nSPS) is 10.9. The summed E-state index contributed by atoms with van der Waals surface area (Å²) >= 11 is 0. The summed E-state index contributed by atoms with van der Waals surface area (Å²) in [6.07, 6.45) is 2.66. The molecule has 8 heteroatoms. The Morgan fingerprint density at radius 2 is 1.83 bits per heavy atom. The molecular weight excluding hydrogens is 386 g/mol. The lowest BCUT2D eigenvalue weighted by Gasteiger charge is -2.20. The number of fused-ring (bicyclic) bond motifs is 1. The molecule has 0 radical (unpaired) electrons. The number of ether oxygens (including phenoxy) is 3. The molecule has 0 aliphatic rings. The van der Waals surface area contributed by atoms with Gasteiger partial charge in [-0.2, -0.15) is 0 Å². The van der Waals surface area contributed by atoms with Gasteiger partial charge in [0.2, 0.25) is 0 Å². The van der Waals surface area contributed by atoms with Crippen LogP contribution >= 0.6 is 0 Å². The minimum Gasteiger partial charge on any atom is -0.497 e. The van der Waals surface area contributed by atoms with E-state index in [0.717, 1.165) is 22.3 Å². The fraction of sp³-hybridized carbons (Fsp3) is 0.227. The van der Waals surface area contributed by atoms with E-state index in [1.165, 1.54) is 7.11 Å². The zero-order valence-corrected chi connectivity index (χ0v) is 16.8. The van der Waals surface area contributed by atoms with Crippen LogP contribution in [0.15, 0.2) is 60.7 Å². The van der Waals surface area contributed by atoms with Gasteiger partial charge in [-0.15, -0.1) is 0 Å². The summed E-state index contributed by atoms with van der Waals surface area (Å²) in [5.41, 5.74) is 2.47. The molecular formula is C22H23N3O5. The number of H-pyrrole nitrogens is 1. The molecule has 0 aliphatic heterocycles. The van der Waals surface area contributed by atoms with Crippen molar-refractivity contribution in [2.75, 3.05) is 27.4 Å². The third kappa shape index (κ3) is 5.38. The quantitative estimate of drug-likeness (QED) is 0.452. The second-order valence-electron chi connectivity index (χ2n) is 6.37. The summed E-state index contributed by atoms with van der Waals surface area (Å²) in [5.74, 6) is 0.776. The maximum absolute atomic E-state index is 13.1. The summed E-state index contributed by atoms with van der Waals surface area (Å²) in [6.45, 7) is 0.746. The summed E-state index contributed by atoms with van der Waals surface area (Å²) in [4.78, 5) is 33.3. The van der Waals surface area contributed by atoms with Crippen LogP contribution in [0, 0.1) is 0 Å². The van der Waals surface area contributed by atoms with Gasteiger partial charge in [0.05, 0.1) is 25.3 Å². The van der Waals surface area contributed by atoms with Crippen molar-refractivity contribution >= 4 is 23.1 Å². The van der Waals surface area contributed by atoms with Crippen molar-refractivity contribution in [2.24, 2.45) is 0 Å². The Kier molecular flexibility index (Phi) is 7.05. The predicted molar refractivity (Wildman–Crippen MR) is 111 cm³/mol. The fourth-order valence-electron chi connectivity index (χ4n) is 2.82. The Morgan fingerprint density at radius 1 is 1.07 bits per heavy atom. The second kappa shape index (κ2) is 10.1. The van der Waals surface area contributed by atoms with Crippen molar-refractivity contribution in [3.63, 3.8) is 0 Å². The average Bonchev–Trinajstić information content (AvgIpc) is 3.22. The number of hydrogen-bond acceptors (Lipinski definition) is 6. The molecule has 3 rings (SSSR count). The zero-order chi connectivity index (χ0) is 21.3. The van der Waals surface area contributed by atoms with Crippen LogP contribution in [-0.2, 0) is 16.0 Å².